The maximum atomic E-state index is 12.8. The predicted octanol–water partition coefficient (Wildman–Crippen LogP) is -2.43. The van der Waals surface area contributed by atoms with E-state index >= 15 is 0 Å². The van der Waals surface area contributed by atoms with Crippen LogP contribution >= 0.6 is 0 Å². The number of nitrogens with one attached hydrogen (secondary N) is 2. The summed E-state index contributed by atoms with van der Waals surface area (Å²) in [7, 11) is 0. The molecular formula is C14H19N5O6. The van der Waals surface area contributed by atoms with Gasteiger partial charge in [0.15, 0.2) is 18.1 Å². The lowest BCUT2D eigenvalue weighted by Gasteiger charge is -2.26. The van der Waals surface area contributed by atoms with Crippen molar-refractivity contribution in [3.63, 3.8) is 0 Å². The van der Waals surface area contributed by atoms with Gasteiger partial charge in [0, 0.05) is 6.54 Å². The highest BCUT2D eigenvalue weighted by atomic mass is 16.6. The van der Waals surface area contributed by atoms with Crippen molar-refractivity contribution in [2.75, 3.05) is 13.2 Å². The summed E-state index contributed by atoms with van der Waals surface area (Å²) in [6.45, 7) is 1.33. The number of amidine groups is 1. The average Bonchev–Trinajstić information content (AvgIpc) is 3.00. The predicted molar refractivity (Wildman–Crippen MR) is 83.6 cm³/mol. The van der Waals surface area contributed by atoms with Gasteiger partial charge in [0.25, 0.3) is 5.91 Å². The molecule has 5 atom stereocenters. The van der Waals surface area contributed by atoms with Crippen LogP contribution in [-0.4, -0.2) is 92.6 Å². The number of allylic oxidation sites excluding steroid dienone is 1. The summed E-state index contributed by atoms with van der Waals surface area (Å²) in [5.41, 5.74) is 0. The first-order valence-electron chi connectivity index (χ1n) is 7.72. The van der Waals surface area contributed by atoms with Gasteiger partial charge in [-0.05, 0) is 6.92 Å². The number of aliphatic hydroxyl groups excluding tert-OH is 3. The van der Waals surface area contributed by atoms with E-state index in [1.54, 1.807) is 19.1 Å². The number of hydrogen-bond acceptors (Lipinski definition) is 7. The molecule has 5 N–H and O–H groups in total. The largest absolute Gasteiger partial charge is 0.394 e. The van der Waals surface area contributed by atoms with Crippen LogP contribution in [-0.2, 0) is 9.53 Å². The van der Waals surface area contributed by atoms with Crippen LogP contribution in [0.1, 0.15) is 6.92 Å². The van der Waals surface area contributed by atoms with E-state index in [0.717, 1.165) is 4.90 Å². The number of rotatable bonds is 4. The highest BCUT2D eigenvalue weighted by Gasteiger charge is 2.56. The molecule has 0 aromatic carbocycles. The molecule has 0 spiro atoms. The van der Waals surface area contributed by atoms with Crippen LogP contribution in [0, 0.1) is 5.41 Å². The molecule has 3 aliphatic rings. The van der Waals surface area contributed by atoms with E-state index in [-0.39, 0.29) is 12.4 Å². The summed E-state index contributed by atoms with van der Waals surface area (Å²) in [6.07, 6.45) is -1.91. The number of urea groups is 1. The van der Waals surface area contributed by atoms with Crippen LogP contribution in [0.15, 0.2) is 17.1 Å². The van der Waals surface area contributed by atoms with E-state index in [2.05, 4.69) is 10.3 Å². The normalized spacial score (nSPS) is 35.4. The lowest BCUT2D eigenvalue weighted by molar-refractivity contribution is -0.121. The number of carbonyl (C=O) groups is 2. The van der Waals surface area contributed by atoms with E-state index in [9.17, 15) is 24.9 Å². The van der Waals surface area contributed by atoms with Crippen molar-refractivity contribution in [1.29, 1.82) is 5.41 Å². The molecule has 3 aliphatic heterocycles. The smallest absolute Gasteiger partial charge is 0.329 e. The third-order valence-electron chi connectivity index (χ3n) is 4.28. The lowest BCUT2D eigenvalue weighted by atomic mass is 10.1. The van der Waals surface area contributed by atoms with Gasteiger partial charge >= 0.3 is 6.03 Å². The van der Waals surface area contributed by atoms with Gasteiger partial charge in [-0.15, -0.1) is 0 Å². The minimum Gasteiger partial charge on any atom is -0.394 e. The van der Waals surface area contributed by atoms with Crippen molar-refractivity contribution in [3.05, 3.63) is 12.2 Å². The van der Waals surface area contributed by atoms with E-state index < -0.39 is 55.1 Å². The summed E-state index contributed by atoms with van der Waals surface area (Å²) in [4.78, 5) is 31.2. The number of guanidine groups is 1. The number of amides is 3. The van der Waals surface area contributed by atoms with Crippen LogP contribution in [0.2, 0.25) is 0 Å². The molecule has 2 saturated heterocycles. The van der Waals surface area contributed by atoms with Crippen molar-refractivity contribution in [1.82, 2.24) is 15.1 Å². The zero-order valence-electron chi connectivity index (χ0n) is 13.4. The van der Waals surface area contributed by atoms with Gasteiger partial charge in [-0.3, -0.25) is 15.5 Å². The minimum absolute atomic E-state index is 0.0573. The molecule has 0 aliphatic carbocycles. The summed E-state index contributed by atoms with van der Waals surface area (Å²) in [5, 5.41) is 39.2. The van der Waals surface area contributed by atoms with Gasteiger partial charge in [-0.1, -0.05) is 12.2 Å². The maximum Gasteiger partial charge on any atom is 0.329 e. The molecular weight excluding hydrogens is 334 g/mol. The van der Waals surface area contributed by atoms with Crippen LogP contribution < -0.4 is 5.32 Å². The Balaban J connectivity index is 1.99. The number of ether oxygens (including phenoxy) is 1. The second-order valence-corrected chi connectivity index (χ2v) is 5.81. The van der Waals surface area contributed by atoms with Gasteiger partial charge in [0.2, 0.25) is 5.96 Å². The van der Waals surface area contributed by atoms with E-state index in [0.29, 0.717) is 0 Å². The Hall–Kier alpha value is -2.34. The minimum atomic E-state index is -1.50. The van der Waals surface area contributed by atoms with Crippen molar-refractivity contribution < 1.29 is 29.6 Å². The molecule has 3 rings (SSSR count). The SMILES string of the molecule is C/C=C/CN1C(=O)N([C@@H]2O[C@H](CO)[C@H](O)[C@H]2O)C2=NC(=N)NC(=O)C21. The van der Waals surface area contributed by atoms with Gasteiger partial charge in [-0.25, -0.2) is 9.69 Å². The molecule has 1 unspecified atom stereocenters. The monoisotopic (exact) mass is 353 g/mol. The summed E-state index contributed by atoms with van der Waals surface area (Å²) >= 11 is 0. The third kappa shape index (κ3) is 2.70. The lowest BCUT2D eigenvalue weighted by Crippen LogP contribution is -2.54. The van der Waals surface area contributed by atoms with E-state index in [1.165, 1.54) is 4.90 Å². The molecule has 136 valence electrons. The van der Waals surface area contributed by atoms with Crippen LogP contribution in [0.3, 0.4) is 0 Å². The van der Waals surface area contributed by atoms with Crippen molar-refractivity contribution >= 4 is 23.7 Å². The zero-order chi connectivity index (χ0) is 18.3. The molecule has 0 aromatic heterocycles. The Morgan fingerprint density at radius 1 is 1.36 bits per heavy atom. The number of nitrogens with zero attached hydrogens (tertiary/aromatic N) is 3. The fourth-order valence-electron chi connectivity index (χ4n) is 3.05. The molecule has 3 amide bonds. The molecule has 0 aromatic rings. The molecule has 11 nitrogen and oxygen atoms in total. The van der Waals surface area contributed by atoms with Crippen LogP contribution in [0.5, 0.6) is 0 Å². The Bertz CT molecular complexity index is 664. The summed E-state index contributed by atoms with van der Waals surface area (Å²) in [5.74, 6) is -1.09. The third-order valence-corrected chi connectivity index (χ3v) is 4.28. The van der Waals surface area contributed by atoms with Gasteiger partial charge in [0.05, 0.1) is 6.61 Å². The van der Waals surface area contributed by atoms with Gasteiger partial charge in [-0.2, -0.15) is 4.99 Å². The van der Waals surface area contributed by atoms with E-state index in [4.69, 9.17) is 10.1 Å². The van der Waals surface area contributed by atoms with E-state index in [1.807, 2.05) is 0 Å². The second kappa shape index (κ2) is 6.52. The highest BCUT2D eigenvalue weighted by molar-refractivity contribution is 6.25. The fraction of sp³-hybridized carbons (Fsp3) is 0.571. The molecule has 2 fully saturated rings. The first-order valence-corrected chi connectivity index (χ1v) is 7.72. The molecule has 0 saturated carbocycles. The molecule has 0 bridgehead atoms. The quantitative estimate of drug-likeness (QED) is 0.353. The van der Waals surface area contributed by atoms with Gasteiger partial charge < -0.3 is 25.0 Å². The Morgan fingerprint density at radius 2 is 2.08 bits per heavy atom. The summed E-state index contributed by atoms with van der Waals surface area (Å²) < 4.78 is 5.39. The van der Waals surface area contributed by atoms with Crippen molar-refractivity contribution in [2.45, 2.75) is 37.5 Å². The Kier molecular flexibility index (Phi) is 4.56. The standard InChI is InChI=1S/C14H19N5O6/c1-2-3-4-18-7-10(16-13(15)17-11(7)23)19(14(18)24)12-9(22)8(21)6(5-20)25-12/h2-3,6-9,12,20-22H,4-5H2,1H3,(H2,15,17,23)/b3-2+/t6-,7?,8+,9-,12-/m1/s1. The summed E-state index contributed by atoms with van der Waals surface area (Å²) in [6, 6.07) is -1.72. The number of hydrogen-bond donors (Lipinski definition) is 5. The molecule has 25 heavy (non-hydrogen) atoms. The number of fused-ring (bicyclic) bond motifs is 1. The van der Waals surface area contributed by atoms with Gasteiger partial charge in [0.1, 0.15) is 18.3 Å². The molecule has 0 radical (unpaired) electrons. The Labute approximate surface area is 142 Å². The first-order chi connectivity index (χ1) is 11.9. The van der Waals surface area contributed by atoms with Crippen molar-refractivity contribution in [3.8, 4) is 0 Å². The molecule has 11 heteroatoms. The number of carbonyl (C=O) groups excluding carboxylic acids is 2. The maximum absolute atomic E-state index is 12.8. The number of aliphatic imine (C=N–C) groups is 1. The Morgan fingerprint density at radius 3 is 2.68 bits per heavy atom. The first kappa shape index (κ1) is 17.5. The van der Waals surface area contributed by atoms with Crippen LogP contribution in [0.25, 0.3) is 0 Å². The molecule has 3 heterocycles. The van der Waals surface area contributed by atoms with Crippen LogP contribution in [0.4, 0.5) is 4.79 Å². The van der Waals surface area contributed by atoms with Crippen molar-refractivity contribution in [2.24, 2.45) is 4.99 Å². The second-order valence-electron chi connectivity index (χ2n) is 5.81. The fourth-order valence-corrected chi connectivity index (χ4v) is 3.05. The highest BCUT2D eigenvalue weighted by Crippen LogP contribution is 2.31. The zero-order valence-corrected chi connectivity index (χ0v) is 13.4. The average molecular weight is 353 g/mol. The number of aliphatic hydroxyl groups is 3. The topological polar surface area (TPSA) is 159 Å².